The quantitative estimate of drug-likeness (QED) is 0.773. The molecule has 3 aliphatic rings. The largest absolute Gasteiger partial charge is 0.376 e. The summed E-state index contributed by atoms with van der Waals surface area (Å²) < 4.78 is 32.1. The third-order valence-corrected chi connectivity index (χ3v) is 4.67. The summed E-state index contributed by atoms with van der Waals surface area (Å²) in [7, 11) is 0. The van der Waals surface area contributed by atoms with E-state index in [0.29, 0.717) is 6.61 Å². The SMILES string of the molecule is NC1C2CCOC2C1N1C(=O)c2cc(F)c(F)cc2C1=O. The van der Waals surface area contributed by atoms with E-state index in [1.807, 2.05) is 0 Å². The maximum atomic E-state index is 13.3. The summed E-state index contributed by atoms with van der Waals surface area (Å²) >= 11 is 0. The summed E-state index contributed by atoms with van der Waals surface area (Å²) in [6, 6.07) is 0.620. The van der Waals surface area contributed by atoms with Gasteiger partial charge in [0.15, 0.2) is 11.6 Å². The first kappa shape index (κ1) is 12.8. The molecule has 0 aromatic heterocycles. The summed E-state index contributed by atoms with van der Waals surface area (Å²) in [5, 5.41) is 0. The number of hydrogen-bond acceptors (Lipinski definition) is 4. The van der Waals surface area contributed by atoms with Crippen LogP contribution < -0.4 is 5.73 Å². The zero-order chi connectivity index (χ0) is 14.9. The summed E-state index contributed by atoms with van der Waals surface area (Å²) in [5.41, 5.74) is 5.80. The Labute approximate surface area is 118 Å². The second kappa shape index (κ2) is 4.08. The third kappa shape index (κ3) is 1.50. The van der Waals surface area contributed by atoms with Crippen LogP contribution in [0.1, 0.15) is 27.1 Å². The Morgan fingerprint density at radius 1 is 1.14 bits per heavy atom. The van der Waals surface area contributed by atoms with Gasteiger partial charge in [-0.3, -0.25) is 14.5 Å². The minimum atomic E-state index is -1.15. The van der Waals surface area contributed by atoms with Crippen LogP contribution in [0.15, 0.2) is 12.1 Å². The average Bonchev–Trinajstić information content (AvgIpc) is 2.97. The van der Waals surface area contributed by atoms with Gasteiger partial charge in [-0.25, -0.2) is 8.78 Å². The average molecular weight is 294 g/mol. The molecular formula is C14H12F2N2O3. The lowest BCUT2D eigenvalue weighted by atomic mass is 9.71. The number of rotatable bonds is 1. The standard InChI is InChI=1S/C14H12F2N2O3/c15-8-3-6-7(4-9(8)16)14(20)18(13(6)19)11-10(17)5-1-2-21-12(5)11/h3-5,10-12H,1-2,17H2. The molecule has 1 aromatic rings. The van der Waals surface area contributed by atoms with Crippen molar-refractivity contribution < 1.29 is 23.1 Å². The predicted molar refractivity (Wildman–Crippen MR) is 66.5 cm³/mol. The molecule has 0 bridgehead atoms. The maximum Gasteiger partial charge on any atom is 0.262 e. The number of carbonyl (C=O) groups is 2. The van der Waals surface area contributed by atoms with E-state index in [2.05, 4.69) is 0 Å². The second-order valence-electron chi connectivity index (χ2n) is 5.65. The molecule has 2 fully saturated rings. The number of imide groups is 1. The first-order valence-corrected chi connectivity index (χ1v) is 6.75. The monoisotopic (exact) mass is 294 g/mol. The lowest BCUT2D eigenvalue weighted by molar-refractivity contribution is -0.0532. The van der Waals surface area contributed by atoms with Crippen LogP contribution in [0.3, 0.4) is 0 Å². The Morgan fingerprint density at radius 2 is 1.71 bits per heavy atom. The van der Waals surface area contributed by atoms with Gasteiger partial charge in [-0.2, -0.15) is 0 Å². The predicted octanol–water partition coefficient (Wildman–Crippen LogP) is 0.675. The molecule has 1 saturated carbocycles. The van der Waals surface area contributed by atoms with Crippen molar-refractivity contribution in [3.63, 3.8) is 0 Å². The summed E-state index contributed by atoms with van der Waals surface area (Å²) in [6.45, 7) is 0.548. The maximum absolute atomic E-state index is 13.3. The zero-order valence-corrected chi connectivity index (χ0v) is 10.9. The van der Waals surface area contributed by atoms with Crippen molar-refractivity contribution in [3.8, 4) is 0 Å². The molecule has 5 nitrogen and oxygen atoms in total. The summed E-state index contributed by atoms with van der Waals surface area (Å²) in [4.78, 5) is 25.7. The van der Waals surface area contributed by atoms with Crippen LogP contribution in [0.5, 0.6) is 0 Å². The molecule has 4 rings (SSSR count). The van der Waals surface area contributed by atoms with Gasteiger partial charge in [-0.1, -0.05) is 0 Å². The van der Waals surface area contributed by atoms with Gasteiger partial charge in [0.05, 0.1) is 23.3 Å². The molecule has 0 spiro atoms. The molecule has 2 heterocycles. The van der Waals surface area contributed by atoms with Gasteiger partial charge in [0.1, 0.15) is 0 Å². The summed E-state index contributed by atoms with van der Waals surface area (Å²) in [6.07, 6.45) is 0.534. The van der Waals surface area contributed by atoms with Crippen LogP contribution in [0.2, 0.25) is 0 Å². The van der Waals surface area contributed by atoms with Crippen molar-refractivity contribution in [2.75, 3.05) is 6.61 Å². The molecule has 2 aliphatic heterocycles. The van der Waals surface area contributed by atoms with E-state index < -0.39 is 29.5 Å². The van der Waals surface area contributed by atoms with Crippen molar-refractivity contribution in [2.45, 2.75) is 24.6 Å². The zero-order valence-electron chi connectivity index (χ0n) is 10.9. The Morgan fingerprint density at radius 3 is 2.29 bits per heavy atom. The first-order chi connectivity index (χ1) is 10.0. The van der Waals surface area contributed by atoms with Crippen molar-refractivity contribution in [2.24, 2.45) is 11.7 Å². The smallest absolute Gasteiger partial charge is 0.262 e. The fraction of sp³-hybridized carbons (Fsp3) is 0.429. The molecule has 1 saturated heterocycles. The normalized spacial score (nSPS) is 34.0. The van der Waals surface area contributed by atoms with Gasteiger partial charge in [0.25, 0.3) is 11.8 Å². The number of amides is 2. The van der Waals surface area contributed by atoms with Crippen molar-refractivity contribution in [3.05, 3.63) is 34.9 Å². The van der Waals surface area contributed by atoms with Gasteiger partial charge < -0.3 is 10.5 Å². The number of ether oxygens (including phenoxy) is 1. The molecule has 4 unspecified atom stereocenters. The number of nitrogens with two attached hydrogens (primary N) is 1. The number of carbonyl (C=O) groups excluding carboxylic acids is 2. The first-order valence-electron chi connectivity index (χ1n) is 6.75. The highest BCUT2D eigenvalue weighted by Gasteiger charge is 2.58. The Kier molecular flexibility index (Phi) is 2.50. The van der Waals surface area contributed by atoms with Crippen LogP contribution in [0.25, 0.3) is 0 Å². The molecule has 110 valence electrons. The topological polar surface area (TPSA) is 72.6 Å². The van der Waals surface area contributed by atoms with Gasteiger partial charge >= 0.3 is 0 Å². The van der Waals surface area contributed by atoms with E-state index >= 15 is 0 Å². The van der Waals surface area contributed by atoms with Crippen molar-refractivity contribution in [1.29, 1.82) is 0 Å². The van der Waals surface area contributed by atoms with E-state index in [-0.39, 0.29) is 29.2 Å². The van der Waals surface area contributed by atoms with Crippen LogP contribution in [0.4, 0.5) is 8.78 Å². The molecule has 21 heavy (non-hydrogen) atoms. The van der Waals surface area contributed by atoms with E-state index in [1.54, 1.807) is 0 Å². The van der Waals surface area contributed by atoms with Crippen molar-refractivity contribution in [1.82, 2.24) is 4.90 Å². The molecule has 2 N–H and O–H groups in total. The van der Waals surface area contributed by atoms with E-state index in [1.165, 1.54) is 0 Å². The number of benzene rings is 1. The fourth-order valence-corrected chi connectivity index (χ4v) is 3.56. The van der Waals surface area contributed by atoms with Crippen LogP contribution >= 0.6 is 0 Å². The van der Waals surface area contributed by atoms with Crippen LogP contribution in [-0.2, 0) is 4.74 Å². The van der Waals surface area contributed by atoms with E-state index in [9.17, 15) is 18.4 Å². The molecule has 2 amide bonds. The molecule has 0 radical (unpaired) electrons. The number of fused-ring (bicyclic) bond motifs is 2. The fourth-order valence-electron chi connectivity index (χ4n) is 3.56. The Bertz CT molecular complexity index is 637. The van der Waals surface area contributed by atoms with Crippen LogP contribution in [0, 0.1) is 17.6 Å². The van der Waals surface area contributed by atoms with Gasteiger partial charge in [-0.05, 0) is 18.6 Å². The van der Waals surface area contributed by atoms with E-state index in [0.717, 1.165) is 23.5 Å². The number of halogens is 2. The van der Waals surface area contributed by atoms with Gasteiger partial charge in [0, 0.05) is 18.6 Å². The Hall–Kier alpha value is -1.86. The highest BCUT2D eigenvalue weighted by molar-refractivity contribution is 6.21. The van der Waals surface area contributed by atoms with Gasteiger partial charge in [0.2, 0.25) is 0 Å². The lowest BCUT2D eigenvalue weighted by Gasteiger charge is -2.48. The minimum Gasteiger partial charge on any atom is -0.376 e. The molecular weight excluding hydrogens is 282 g/mol. The second-order valence-corrected chi connectivity index (χ2v) is 5.65. The molecule has 7 heteroatoms. The van der Waals surface area contributed by atoms with Crippen molar-refractivity contribution >= 4 is 11.8 Å². The lowest BCUT2D eigenvalue weighted by Crippen LogP contribution is -2.69. The highest BCUT2D eigenvalue weighted by Crippen LogP contribution is 2.43. The van der Waals surface area contributed by atoms with Crippen LogP contribution in [-0.4, -0.2) is 41.5 Å². The molecule has 1 aliphatic carbocycles. The molecule has 1 aromatic carbocycles. The number of hydrogen-bond donors (Lipinski definition) is 1. The van der Waals surface area contributed by atoms with E-state index in [4.69, 9.17) is 10.5 Å². The summed E-state index contributed by atoms with van der Waals surface area (Å²) in [5.74, 6) is -3.44. The van der Waals surface area contributed by atoms with Gasteiger partial charge in [-0.15, -0.1) is 0 Å². The number of nitrogens with zero attached hydrogens (tertiary/aromatic N) is 1. The Balaban J connectivity index is 1.73. The minimum absolute atomic E-state index is 0.118. The molecule has 4 atom stereocenters. The highest BCUT2D eigenvalue weighted by atomic mass is 19.2. The third-order valence-electron chi connectivity index (χ3n) is 4.67.